The van der Waals surface area contributed by atoms with Gasteiger partial charge in [0.1, 0.15) is 11.9 Å². The monoisotopic (exact) mass is 533 g/mol. The van der Waals surface area contributed by atoms with Gasteiger partial charge in [0, 0.05) is 35.7 Å². The molecule has 3 aliphatic rings. The van der Waals surface area contributed by atoms with Gasteiger partial charge in [0.05, 0.1) is 5.56 Å². The molecule has 0 bridgehead atoms. The van der Waals surface area contributed by atoms with Gasteiger partial charge in [-0.25, -0.2) is 4.39 Å². The Morgan fingerprint density at radius 1 is 0.946 bits per heavy atom. The van der Waals surface area contributed by atoms with Crippen molar-refractivity contribution >= 4 is 29.2 Å². The van der Waals surface area contributed by atoms with E-state index < -0.39 is 17.6 Å². The molecule has 0 atom stereocenters. The van der Waals surface area contributed by atoms with Crippen molar-refractivity contribution in [3.05, 3.63) is 64.5 Å². The Bertz CT molecular complexity index is 1250. The molecule has 1 amide bonds. The largest absolute Gasteiger partial charge is 0.463 e. The third-order valence-electron chi connectivity index (χ3n) is 7.40. The second kappa shape index (κ2) is 10.2. The maximum Gasteiger partial charge on any atom is 0.416 e. The first-order valence-electron chi connectivity index (χ1n) is 12.5. The number of ether oxygens (including phenoxy) is 1. The number of fused-ring (bicyclic) bond motifs is 2. The van der Waals surface area contributed by atoms with Gasteiger partial charge < -0.3 is 9.64 Å². The van der Waals surface area contributed by atoms with Crippen LogP contribution in [-0.4, -0.2) is 36.0 Å². The number of benzene rings is 2. The Hall–Kier alpha value is -2.81. The maximum atomic E-state index is 14.0. The minimum Gasteiger partial charge on any atom is -0.463 e. The second-order valence-corrected chi connectivity index (χ2v) is 10.9. The fraction of sp³-hybridized carbons (Fsp3) is 0.429. The molecule has 0 N–H and O–H groups in total. The molecule has 0 spiro atoms. The Morgan fingerprint density at radius 3 is 2.30 bits per heavy atom. The van der Waals surface area contributed by atoms with E-state index in [0.29, 0.717) is 67.0 Å². The molecule has 2 aromatic carbocycles. The number of alkyl halides is 3. The van der Waals surface area contributed by atoms with E-state index in [2.05, 4.69) is 0 Å². The van der Waals surface area contributed by atoms with Gasteiger partial charge in [-0.2, -0.15) is 13.2 Å². The number of hydrogen-bond donors (Lipinski definition) is 0. The number of carbonyl (C=O) groups excluding carboxylic acids is 2. The van der Waals surface area contributed by atoms with Gasteiger partial charge in [-0.15, -0.1) is 0 Å². The summed E-state index contributed by atoms with van der Waals surface area (Å²) in [6, 6.07) is 8.12. The molecule has 4 nitrogen and oxygen atoms in total. The molecule has 1 saturated carbocycles. The van der Waals surface area contributed by atoms with Crippen molar-refractivity contribution in [1.29, 1.82) is 0 Å². The molecule has 1 aliphatic carbocycles. The van der Waals surface area contributed by atoms with Crippen LogP contribution in [0.4, 0.5) is 17.6 Å². The Labute approximate surface area is 217 Å². The highest BCUT2D eigenvalue weighted by molar-refractivity contribution is 7.99. The summed E-state index contributed by atoms with van der Waals surface area (Å²) in [6.07, 6.45) is -0.832. The molecule has 196 valence electrons. The first-order valence-corrected chi connectivity index (χ1v) is 13.3. The molecular formula is C28H27F4NO3S. The highest BCUT2D eigenvalue weighted by atomic mass is 32.2. The van der Waals surface area contributed by atoms with Crippen LogP contribution in [0, 0.1) is 11.7 Å². The summed E-state index contributed by atoms with van der Waals surface area (Å²) in [5.74, 6) is -0.715. The standard InChI is InChI=1S/C28H27F4NO3S/c1-16(34)36-21-6-2-18(3-7-21)27(35)33-12-10-17(11-13-33)26-22-8-5-20(29)15-25(22)37-24-9-4-19(14-23(24)26)28(30,31)32/h4-5,8-9,14-15,18,21H,2-3,6-7,10-13H2,1H3/t18-,21-. The van der Waals surface area contributed by atoms with Crippen LogP contribution in [-0.2, 0) is 20.5 Å². The quantitative estimate of drug-likeness (QED) is 0.267. The van der Waals surface area contributed by atoms with Crippen LogP contribution < -0.4 is 0 Å². The van der Waals surface area contributed by atoms with Crippen molar-refractivity contribution in [2.75, 3.05) is 13.1 Å². The zero-order valence-corrected chi connectivity index (χ0v) is 21.2. The number of piperidine rings is 1. The number of halogens is 4. The second-order valence-electron chi connectivity index (χ2n) is 9.84. The Morgan fingerprint density at radius 2 is 1.65 bits per heavy atom. The van der Waals surface area contributed by atoms with Crippen molar-refractivity contribution < 1.29 is 31.9 Å². The molecule has 5 rings (SSSR count). The first-order chi connectivity index (χ1) is 17.6. The summed E-state index contributed by atoms with van der Waals surface area (Å²) >= 11 is 1.27. The predicted molar refractivity (Wildman–Crippen MR) is 131 cm³/mol. The average Bonchev–Trinajstić information content (AvgIpc) is 2.86. The summed E-state index contributed by atoms with van der Waals surface area (Å²) in [6.45, 7) is 2.36. The van der Waals surface area contributed by atoms with Crippen LogP contribution in [0.25, 0.3) is 5.57 Å². The summed E-state index contributed by atoms with van der Waals surface area (Å²) in [7, 11) is 0. The summed E-state index contributed by atoms with van der Waals surface area (Å²) < 4.78 is 59.9. The zero-order valence-electron chi connectivity index (χ0n) is 20.4. The molecule has 2 heterocycles. The molecule has 2 fully saturated rings. The number of nitrogens with zero attached hydrogens (tertiary/aromatic N) is 1. The zero-order chi connectivity index (χ0) is 26.3. The maximum absolute atomic E-state index is 14.0. The number of rotatable bonds is 2. The van der Waals surface area contributed by atoms with Crippen LogP contribution in [0.1, 0.15) is 62.1 Å². The molecule has 0 unspecified atom stereocenters. The minimum atomic E-state index is -4.47. The number of hydrogen-bond acceptors (Lipinski definition) is 4. The lowest BCUT2D eigenvalue weighted by Gasteiger charge is -2.36. The first kappa shape index (κ1) is 25.8. The summed E-state index contributed by atoms with van der Waals surface area (Å²) in [5, 5.41) is 0. The molecule has 0 radical (unpaired) electrons. The van der Waals surface area contributed by atoms with Crippen molar-refractivity contribution in [2.24, 2.45) is 5.92 Å². The summed E-state index contributed by atoms with van der Waals surface area (Å²) in [5.41, 5.74) is 2.24. The summed E-state index contributed by atoms with van der Waals surface area (Å²) in [4.78, 5) is 27.6. The molecule has 2 aromatic rings. The van der Waals surface area contributed by atoms with Crippen molar-refractivity contribution in [2.45, 2.75) is 67.5 Å². The Kier molecular flexibility index (Phi) is 7.09. The van der Waals surface area contributed by atoms with Gasteiger partial charge in [0.25, 0.3) is 0 Å². The molecule has 9 heteroatoms. The third-order valence-corrected chi connectivity index (χ3v) is 8.53. The lowest BCUT2D eigenvalue weighted by molar-refractivity contribution is -0.149. The number of amides is 1. The van der Waals surface area contributed by atoms with E-state index in [0.717, 1.165) is 22.8 Å². The van der Waals surface area contributed by atoms with Crippen molar-refractivity contribution in [3.8, 4) is 0 Å². The van der Waals surface area contributed by atoms with Crippen LogP contribution >= 0.6 is 11.8 Å². The normalized spacial score (nSPS) is 21.8. The molecule has 2 aliphatic heterocycles. The fourth-order valence-electron chi connectivity index (χ4n) is 5.59. The van der Waals surface area contributed by atoms with E-state index in [4.69, 9.17) is 4.74 Å². The van der Waals surface area contributed by atoms with Gasteiger partial charge in [0.2, 0.25) is 5.91 Å². The van der Waals surface area contributed by atoms with E-state index in [1.165, 1.54) is 43.0 Å². The van der Waals surface area contributed by atoms with E-state index in [9.17, 15) is 27.2 Å². The third kappa shape index (κ3) is 5.42. The fourth-order valence-corrected chi connectivity index (χ4v) is 6.69. The van der Waals surface area contributed by atoms with Crippen molar-refractivity contribution in [3.63, 3.8) is 0 Å². The number of likely N-dealkylation sites (tertiary alicyclic amines) is 1. The van der Waals surface area contributed by atoms with Crippen LogP contribution in [0.5, 0.6) is 0 Å². The topological polar surface area (TPSA) is 46.6 Å². The van der Waals surface area contributed by atoms with Gasteiger partial charge in [-0.05, 0) is 85.6 Å². The van der Waals surface area contributed by atoms with Gasteiger partial charge >= 0.3 is 12.1 Å². The van der Waals surface area contributed by atoms with Crippen LogP contribution in [0.15, 0.2) is 51.8 Å². The highest BCUT2D eigenvalue weighted by Crippen LogP contribution is 2.49. The van der Waals surface area contributed by atoms with Crippen molar-refractivity contribution in [1.82, 2.24) is 4.90 Å². The van der Waals surface area contributed by atoms with Crippen LogP contribution in [0.2, 0.25) is 0 Å². The molecule has 0 aromatic heterocycles. The molecule has 1 saturated heterocycles. The van der Waals surface area contributed by atoms with E-state index >= 15 is 0 Å². The highest BCUT2D eigenvalue weighted by Gasteiger charge is 2.35. The lowest BCUT2D eigenvalue weighted by atomic mass is 9.84. The average molecular weight is 534 g/mol. The number of esters is 1. The lowest BCUT2D eigenvalue weighted by Crippen LogP contribution is -2.42. The van der Waals surface area contributed by atoms with Gasteiger partial charge in [-0.3, -0.25) is 9.59 Å². The van der Waals surface area contributed by atoms with E-state index in [1.807, 2.05) is 4.90 Å². The van der Waals surface area contributed by atoms with Crippen LogP contribution in [0.3, 0.4) is 0 Å². The smallest absolute Gasteiger partial charge is 0.416 e. The van der Waals surface area contributed by atoms with E-state index in [-0.39, 0.29) is 23.9 Å². The van der Waals surface area contributed by atoms with Gasteiger partial charge in [-0.1, -0.05) is 23.4 Å². The van der Waals surface area contributed by atoms with E-state index in [1.54, 1.807) is 6.07 Å². The van der Waals surface area contributed by atoms with Gasteiger partial charge in [0.15, 0.2) is 0 Å². The SMILES string of the molecule is CC(=O)O[C@H]1CC[C@H](C(=O)N2CCC(=C3c4ccc(F)cc4Sc4ccc(C(F)(F)F)cc43)CC2)CC1. The molecule has 37 heavy (non-hydrogen) atoms. The Balaban J connectivity index is 1.38. The predicted octanol–water partition coefficient (Wildman–Crippen LogP) is 6.86. The number of carbonyl (C=O) groups is 2. The minimum absolute atomic E-state index is 0.0896. The molecular weight excluding hydrogens is 506 g/mol.